The van der Waals surface area contributed by atoms with Crippen molar-refractivity contribution in [1.29, 1.82) is 0 Å². The van der Waals surface area contributed by atoms with Crippen LogP contribution in [-0.2, 0) is 4.79 Å². The van der Waals surface area contributed by atoms with Gasteiger partial charge in [0.1, 0.15) is 17.4 Å². The Morgan fingerprint density at radius 2 is 1.90 bits per heavy atom. The molecule has 0 spiro atoms. The summed E-state index contributed by atoms with van der Waals surface area (Å²) >= 11 is 0. The van der Waals surface area contributed by atoms with Crippen molar-refractivity contribution in [2.24, 2.45) is 5.92 Å². The van der Waals surface area contributed by atoms with E-state index < -0.39 is 18.0 Å². The normalized spacial score (nSPS) is 18.5. The summed E-state index contributed by atoms with van der Waals surface area (Å²) in [4.78, 5) is 25.4. The van der Waals surface area contributed by atoms with Crippen LogP contribution in [0.15, 0.2) is 48.7 Å². The Kier molecular flexibility index (Phi) is 5.77. The van der Waals surface area contributed by atoms with E-state index in [0.717, 1.165) is 16.8 Å². The van der Waals surface area contributed by atoms with Crippen molar-refractivity contribution in [3.05, 3.63) is 65.4 Å². The number of amides is 3. The molecular formula is C22H25N3O4. The van der Waals surface area contributed by atoms with Gasteiger partial charge in [-0.15, -0.1) is 0 Å². The number of hydrogen-bond donors (Lipinski definition) is 3. The summed E-state index contributed by atoms with van der Waals surface area (Å²) in [7, 11) is 3.09. The highest BCUT2D eigenvalue weighted by Crippen LogP contribution is 2.37. The SMILES string of the molecule is C=C1NC(=O)N[C@@H](c2ccc(OC)cc2OC)[C@@H]1C(=O)Nc1cccc(C)c1C. The molecule has 0 bridgehead atoms. The lowest BCUT2D eigenvalue weighted by molar-refractivity contribution is -0.119. The number of carbonyl (C=O) groups excluding carboxylic acids is 2. The molecule has 2 aromatic rings. The number of carbonyl (C=O) groups is 2. The van der Waals surface area contributed by atoms with E-state index in [0.29, 0.717) is 22.8 Å². The van der Waals surface area contributed by atoms with Crippen LogP contribution < -0.4 is 25.4 Å². The predicted molar refractivity (Wildman–Crippen MR) is 111 cm³/mol. The molecule has 7 nitrogen and oxygen atoms in total. The zero-order chi connectivity index (χ0) is 21.1. The van der Waals surface area contributed by atoms with Gasteiger partial charge in [0, 0.05) is 23.0 Å². The van der Waals surface area contributed by atoms with Crippen LogP contribution in [0.25, 0.3) is 0 Å². The van der Waals surface area contributed by atoms with Crippen LogP contribution in [0.5, 0.6) is 11.5 Å². The number of hydrogen-bond acceptors (Lipinski definition) is 4. The minimum absolute atomic E-state index is 0.279. The smallest absolute Gasteiger partial charge is 0.319 e. The van der Waals surface area contributed by atoms with Crippen molar-refractivity contribution in [2.45, 2.75) is 19.9 Å². The second-order valence-electron chi connectivity index (χ2n) is 6.92. The number of rotatable bonds is 5. The first-order valence-corrected chi connectivity index (χ1v) is 9.21. The van der Waals surface area contributed by atoms with Crippen LogP contribution in [0, 0.1) is 19.8 Å². The second kappa shape index (κ2) is 8.26. The van der Waals surface area contributed by atoms with Crippen molar-refractivity contribution >= 4 is 17.6 Å². The summed E-state index contributed by atoms with van der Waals surface area (Å²) in [6.45, 7) is 7.85. The molecule has 3 N–H and O–H groups in total. The van der Waals surface area contributed by atoms with Gasteiger partial charge in [-0.05, 0) is 43.2 Å². The van der Waals surface area contributed by atoms with Crippen molar-refractivity contribution in [1.82, 2.24) is 10.6 Å². The number of ether oxygens (including phenoxy) is 2. The summed E-state index contributed by atoms with van der Waals surface area (Å²) < 4.78 is 10.7. The molecule has 0 aromatic heterocycles. The number of nitrogens with one attached hydrogen (secondary N) is 3. The Hall–Kier alpha value is -3.48. The van der Waals surface area contributed by atoms with Crippen molar-refractivity contribution in [3.63, 3.8) is 0 Å². The Balaban J connectivity index is 1.98. The number of aryl methyl sites for hydroxylation is 1. The zero-order valence-electron chi connectivity index (χ0n) is 17.0. The van der Waals surface area contributed by atoms with E-state index in [1.807, 2.05) is 32.0 Å². The number of methoxy groups -OCH3 is 2. The fourth-order valence-corrected chi connectivity index (χ4v) is 3.42. The Bertz CT molecular complexity index is 971. The molecule has 7 heteroatoms. The van der Waals surface area contributed by atoms with Crippen LogP contribution in [0.1, 0.15) is 22.7 Å². The first kappa shape index (κ1) is 20.3. The van der Waals surface area contributed by atoms with E-state index in [2.05, 4.69) is 22.5 Å². The van der Waals surface area contributed by atoms with E-state index in [9.17, 15) is 9.59 Å². The third-order valence-electron chi connectivity index (χ3n) is 5.19. The summed E-state index contributed by atoms with van der Waals surface area (Å²) in [5.41, 5.74) is 3.76. The molecule has 1 saturated heterocycles. The highest BCUT2D eigenvalue weighted by atomic mass is 16.5. The first-order chi connectivity index (χ1) is 13.8. The van der Waals surface area contributed by atoms with Gasteiger partial charge in [0.05, 0.1) is 20.3 Å². The van der Waals surface area contributed by atoms with Gasteiger partial charge in [-0.25, -0.2) is 4.79 Å². The van der Waals surface area contributed by atoms with E-state index in [4.69, 9.17) is 9.47 Å². The zero-order valence-corrected chi connectivity index (χ0v) is 17.0. The van der Waals surface area contributed by atoms with Crippen molar-refractivity contribution in [2.75, 3.05) is 19.5 Å². The maximum absolute atomic E-state index is 13.2. The Labute approximate surface area is 170 Å². The molecule has 152 valence electrons. The lowest BCUT2D eigenvalue weighted by Crippen LogP contribution is -2.52. The molecule has 2 atom stereocenters. The van der Waals surface area contributed by atoms with E-state index >= 15 is 0 Å². The molecular weight excluding hydrogens is 370 g/mol. The van der Waals surface area contributed by atoms with Gasteiger partial charge in [0.2, 0.25) is 5.91 Å². The quantitative estimate of drug-likeness (QED) is 0.724. The van der Waals surface area contributed by atoms with E-state index in [1.54, 1.807) is 25.3 Å². The molecule has 1 heterocycles. The van der Waals surface area contributed by atoms with Gasteiger partial charge in [-0.3, -0.25) is 4.79 Å². The van der Waals surface area contributed by atoms with Gasteiger partial charge in [0.25, 0.3) is 0 Å². The van der Waals surface area contributed by atoms with Crippen LogP contribution in [0.4, 0.5) is 10.5 Å². The fraction of sp³-hybridized carbons (Fsp3) is 0.273. The lowest BCUT2D eigenvalue weighted by Gasteiger charge is -2.34. The molecule has 2 aromatic carbocycles. The third-order valence-corrected chi connectivity index (χ3v) is 5.19. The number of urea groups is 1. The highest BCUT2D eigenvalue weighted by Gasteiger charge is 2.39. The lowest BCUT2D eigenvalue weighted by atomic mass is 9.87. The molecule has 0 radical (unpaired) electrons. The fourth-order valence-electron chi connectivity index (χ4n) is 3.42. The maximum atomic E-state index is 13.2. The second-order valence-corrected chi connectivity index (χ2v) is 6.92. The first-order valence-electron chi connectivity index (χ1n) is 9.21. The van der Waals surface area contributed by atoms with Crippen LogP contribution >= 0.6 is 0 Å². The van der Waals surface area contributed by atoms with Crippen LogP contribution in [-0.4, -0.2) is 26.2 Å². The summed E-state index contributed by atoms with van der Waals surface area (Å²) in [5, 5.41) is 8.41. The monoisotopic (exact) mass is 395 g/mol. The van der Waals surface area contributed by atoms with Gasteiger partial charge in [0.15, 0.2) is 0 Å². The van der Waals surface area contributed by atoms with Gasteiger partial charge < -0.3 is 25.4 Å². The van der Waals surface area contributed by atoms with Crippen molar-refractivity contribution < 1.29 is 19.1 Å². The minimum Gasteiger partial charge on any atom is -0.497 e. The largest absolute Gasteiger partial charge is 0.497 e. The minimum atomic E-state index is -0.741. The summed E-state index contributed by atoms with van der Waals surface area (Å²) in [5.74, 6) is 0.101. The van der Waals surface area contributed by atoms with Crippen LogP contribution in [0.2, 0.25) is 0 Å². The van der Waals surface area contributed by atoms with E-state index in [-0.39, 0.29) is 5.91 Å². The molecule has 1 aliphatic rings. The Morgan fingerprint density at radius 3 is 2.59 bits per heavy atom. The van der Waals surface area contributed by atoms with Crippen molar-refractivity contribution in [3.8, 4) is 11.5 Å². The molecule has 1 aliphatic heterocycles. The van der Waals surface area contributed by atoms with Gasteiger partial charge in [-0.1, -0.05) is 18.7 Å². The summed E-state index contributed by atoms with van der Waals surface area (Å²) in [6, 6.07) is 9.89. The standard InChI is InChI=1S/C22H25N3O4/c1-12-7-6-8-17(13(12)2)24-21(26)19-14(3)23-22(27)25-20(19)16-10-9-15(28-4)11-18(16)29-5/h6-11,19-20H,3H2,1-2,4-5H3,(H,24,26)(H2,23,25,27)/t19-,20+/m1/s1. The summed E-state index contributed by atoms with van der Waals surface area (Å²) in [6.07, 6.45) is 0. The average Bonchev–Trinajstić information content (AvgIpc) is 2.70. The topological polar surface area (TPSA) is 88.7 Å². The molecule has 3 amide bonds. The average molecular weight is 395 g/mol. The highest BCUT2D eigenvalue weighted by molar-refractivity contribution is 5.97. The third kappa shape index (κ3) is 4.03. The van der Waals surface area contributed by atoms with E-state index in [1.165, 1.54) is 7.11 Å². The predicted octanol–water partition coefficient (Wildman–Crippen LogP) is 3.44. The number of anilines is 1. The molecule has 0 saturated carbocycles. The maximum Gasteiger partial charge on any atom is 0.319 e. The van der Waals surface area contributed by atoms with Gasteiger partial charge in [-0.2, -0.15) is 0 Å². The molecule has 0 aliphatic carbocycles. The molecule has 3 rings (SSSR count). The van der Waals surface area contributed by atoms with Gasteiger partial charge >= 0.3 is 6.03 Å². The Morgan fingerprint density at radius 1 is 1.14 bits per heavy atom. The van der Waals surface area contributed by atoms with Crippen LogP contribution in [0.3, 0.4) is 0 Å². The molecule has 0 unspecified atom stereocenters. The molecule has 29 heavy (non-hydrogen) atoms. The molecule has 1 fully saturated rings. The number of benzene rings is 2.